The number of ether oxygens (including phenoxy) is 2. The van der Waals surface area contributed by atoms with E-state index >= 15 is 0 Å². The zero-order valence-corrected chi connectivity index (χ0v) is 17.0. The topological polar surface area (TPSA) is 87.7 Å². The lowest BCUT2D eigenvalue weighted by Crippen LogP contribution is -2.38. The maximum atomic E-state index is 11.0. The van der Waals surface area contributed by atoms with E-state index in [2.05, 4.69) is 9.88 Å². The lowest BCUT2D eigenvalue weighted by Gasteiger charge is -2.26. The number of pyridine rings is 1. The normalized spacial score (nSPS) is 14.8. The number of hydrogen-bond acceptors (Lipinski definition) is 6. The minimum atomic E-state index is 0.0352. The Kier molecular flexibility index (Phi) is 5.28. The number of aromatic amines is 1. The van der Waals surface area contributed by atoms with Crippen LogP contribution >= 0.6 is 0 Å². The van der Waals surface area contributed by atoms with E-state index < -0.39 is 0 Å². The Morgan fingerprint density at radius 2 is 2.00 bits per heavy atom. The van der Waals surface area contributed by atoms with Crippen molar-refractivity contribution < 1.29 is 19.4 Å². The van der Waals surface area contributed by atoms with Gasteiger partial charge in [0.05, 0.1) is 30.0 Å². The van der Waals surface area contributed by atoms with E-state index in [0.29, 0.717) is 28.9 Å². The van der Waals surface area contributed by atoms with Gasteiger partial charge in [-0.25, -0.2) is 4.98 Å². The SMILES string of the molecule is O=Cc1ccc2c(-c3ccc4cc(OCCN5CCOCC5)ccc4n3)c(O)[nH]c2c1. The Labute approximate surface area is 179 Å². The van der Waals surface area contributed by atoms with Crippen LogP contribution in [0.2, 0.25) is 0 Å². The van der Waals surface area contributed by atoms with Crippen molar-refractivity contribution in [3.05, 3.63) is 54.1 Å². The minimum absolute atomic E-state index is 0.0352. The van der Waals surface area contributed by atoms with Gasteiger partial charge in [-0.15, -0.1) is 0 Å². The smallest absolute Gasteiger partial charge is 0.199 e. The summed E-state index contributed by atoms with van der Waals surface area (Å²) >= 11 is 0. The molecule has 7 nitrogen and oxygen atoms in total. The molecule has 2 N–H and O–H groups in total. The number of morpholine rings is 1. The van der Waals surface area contributed by atoms with Gasteiger partial charge in [-0.05, 0) is 30.3 Å². The number of hydrogen-bond donors (Lipinski definition) is 2. The van der Waals surface area contributed by atoms with E-state index in [4.69, 9.17) is 14.5 Å². The van der Waals surface area contributed by atoms with Gasteiger partial charge in [0.2, 0.25) is 0 Å². The van der Waals surface area contributed by atoms with Gasteiger partial charge < -0.3 is 19.6 Å². The zero-order valence-electron chi connectivity index (χ0n) is 17.0. The summed E-state index contributed by atoms with van der Waals surface area (Å²) in [6.45, 7) is 4.98. The van der Waals surface area contributed by atoms with Gasteiger partial charge >= 0.3 is 0 Å². The number of H-pyrrole nitrogens is 1. The van der Waals surface area contributed by atoms with Crippen LogP contribution in [0.1, 0.15) is 10.4 Å². The highest BCUT2D eigenvalue weighted by Crippen LogP contribution is 2.36. The fraction of sp³-hybridized carbons (Fsp3) is 0.250. The molecule has 1 aliphatic rings. The largest absolute Gasteiger partial charge is 0.494 e. The molecule has 0 bridgehead atoms. The molecule has 158 valence electrons. The van der Waals surface area contributed by atoms with Crippen molar-refractivity contribution in [3.8, 4) is 22.9 Å². The van der Waals surface area contributed by atoms with Gasteiger partial charge in [0.1, 0.15) is 18.6 Å². The summed E-state index contributed by atoms with van der Waals surface area (Å²) in [4.78, 5) is 21.0. The van der Waals surface area contributed by atoms with Crippen molar-refractivity contribution in [2.45, 2.75) is 0 Å². The number of aldehydes is 1. The molecule has 0 atom stereocenters. The molecule has 2 aromatic carbocycles. The molecule has 1 aliphatic heterocycles. The number of nitrogens with zero attached hydrogens (tertiary/aromatic N) is 2. The average Bonchev–Trinajstić information content (AvgIpc) is 3.14. The molecule has 0 unspecified atom stereocenters. The zero-order chi connectivity index (χ0) is 21.2. The van der Waals surface area contributed by atoms with Crippen LogP contribution in [0.25, 0.3) is 33.1 Å². The van der Waals surface area contributed by atoms with Crippen molar-refractivity contribution >= 4 is 28.1 Å². The molecule has 5 rings (SSSR count). The third-order valence-corrected chi connectivity index (χ3v) is 5.64. The van der Waals surface area contributed by atoms with Crippen molar-refractivity contribution in [2.24, 2.45) is 0 Å². The summed E-state index contributed by atoms with van der Waals surface area (Å²) in [6, 6.07) is 15.0. The van der Waals surface area contributed by atoms with Crippen molar-refractivity contribution in [3.63, 3.8) is 0 Å². The quantitative estimate of drug-likeness (QED) is 0.466. The van der Waals surface area contributed by atoms with Gasteiger partial charge in [-0.3, -0.25) is 9.69 Å². The number of carbonyl (C=O) groups excluding carboxylic acids is 1. The molecule has 7 heteroatoms. The highest BCUT2D eigenvalue weighted by molar-refractivity contribution is 6.00. The standard InChI is InChI=1S/C24H23N3O4/c28-15-16-1-4-19-22(13-16)26-24(29)23(19)21-5-2-17-14-18(3-6-20(17)25-21)31-12-9-27-7-10-30-11-8-27/h1-6,13-15,26,29H,7-12H2. The van der Waals surface area contributed by atoms with Crippen molar-refractivity contribution in [1.82, 2.24) is 14.9 Å². The van der Waals surface area contributed by atoms with E-state index in [1.165, 1.54) is 0 Å². The van der Waals surface area contributed by atoms with E-state index in [1.807, 2.05) is 36.4 Å². The van der Waals surface area contributed by atoms with Crippen molar-refractivity contribution in [1.29, 1.82) is 0 Å². The number of carbonyl (C=O) groups is 1. The number of fused-ring (bicyclic) bond motifs is 2. The molecule has 31 heavy (non-hydrogen) atoms. The van der Waals surface area contributed by atoms with E-state index in [0.717, 1.165) is 61.2 Å². The second-order valence-corrected chi connectivity index (χ2v) is 7.62. The van der Waals surface area contributed by atoms with Crippen LogP contribution in [-0.4, -0.2) is 65.7 Å². The van der Waals surface area contributed by atoms with Crippen LogP contribution in [0.15, 0.2) is 48.5 Å². The number of nitrogens with one attached hydrogen (secondary N) is 1. The monoisotopic (exact) mass is 417 g/mol. The summed E-state index contributed by atoms with van der Waals surface area (Å²) in [6.07, 6.45) is 0.784. The van der Waals surface area contributed by atoms with Crippen molar-refractivity contribution in [2.75, 3.05) is 39.5 Å². The van der Waals surface area contributed by atoms with E-state index in [-0.39, 0.29) is 5.88 Å². The summed E-state index contributed by atoms with van der Waals surface area (Å²) in [5.41, 5.74) is 3.35. The first-order chi connectivity index (χ1) is 15.2. The molecule has 0 aliphatic carbocycles. The lowest BCUT2D eigenvalue weighted by molar-refractivity contribution is 0.0322. The molecule has 0 radical (unpaired) electrons. The average molecular weight is 417 g/mol. The number of benzene rings is 2. The van der Waals surface area contributed by atoms with Crippen LogP contribution in [0.3, 0.4) is 0 Å². The first-order valence-electron chi connectivity index (χ1n) is 10.4. The lowest BCUT2D eigenvalue weighted by atomic mass is 10.1. The van der Waals surface area contributed by atoms with Gasteiger partial charge in [0.25, 0.3) is 0 Å². The summed E-state index contributed by atoms with van der Waals surface area (Å²) in [7, 11) is 0. The molecular weight excluding hydrogens is 394 g/mol. The van der Waals surface area contributed by atoms with E-state index in [9.17, 15) is 9.90 Å². The minimum Gasteiger partial charge on any atom is -0.494 e. The summed E-state index contributed by atoms with van der Waals surface area (Å²) in [5.74, 6) is 0.847. The first-order valence-corrected chi connectivity index (χ1v) is 10.4. The Morgan fingerprint density at radius 1 is 1.13 bits per heavy atom. The predicted molar refractivity (Wildman–Crippen MR) is 119 cm³/mol. The van der Waals surface area contributed by atoms with Crippen LogP contribution < -0.4 is 4.74 Å². The van der Waals surface area contributed by atoms with Gasteiger partial charge in [-0.2, -0.15) is 0 Å². The van der Waals surface area contributed by atoms with E-state index in [1.54, 1.807) is 12.1 Å². The predicted octanol–water partition coefficient (Wildman–Crippen LogP) is 3.61. The molecule has 4 aromatic rings. The molecule has 0 spiro atoms. The number of rotatable bonds is 6. The van der Waals surface area contributed by atoms with Crippen LogP contribution in [-0.2, 0) is 4.74 Å². The molecule has 1 saturated heterocycles. The number of aromatic nitrogens is 2. The maximum absolute atomic E-state index is 11.0. The summed E-state index contributed by atoms with van der Waals surface area (Å²) in [5, 5.41) is 12.2. The molecule has 1 fully saturated rings. The second kappa shape index (κ2) is 8.37. The van der Waals surface area contributed by atoms with Crippen LogP contribution in [0.4, 0.5) is 0 Å². The summed E-state index contributed by atoms with van der Waals surface area (Å²) < 4.78 is 11.3. The van der Waals surface area contributed by atoms with Gasteiger partial charge in [0.15, 0.2) is 5.88 Å². The third-order valence-electron chi connectivity index (χ3n) is 5.64. The molecule has 0 saturated carbocycles. The maximum Gasteiger partial charge on any atom is 0.199 e. The Bertz CT molecular complexity index is 1240. The highest BCUT2D eigenvalue weighted by atomic mass is 16.5. The fourth-order valence-electron chi connectivity index (χ4n) is 3.98. The van der Waals surface area contributed by atoms with Gasteiger partial charge in [0, 0.05) is 41.5 Å². The molecule has 3 heterocycles. The second-order valence-electron chi connectivity index (χ2n) is 7.62. The molecule has 0 amide bonds. The third kappa shape index (κ3) is 3.97. The molecule has 2 aromatic heterocycles. The highest BCUT2D eigenvalue weighted by Gasteiger charge is 2.15. The Balaban J connectivity index is 1.37. The van der Waals surface area contributed by atoms with Crippen LogP contribution in [0.5, 0.6) is 11.6 Å². The molecular formula is C24H23N3O4. The first kappa shape index (κ1) is 19.5. The number of aromatic hydroxyl groups is 1. The fourth-order valence-corrected chi connectivity index (χ4v) is 3.98. The Hall–Kier alpha value is -3.42. The van der Waals surface area contributed by atoms with Gasteiger partial charge in [-0.1, -0.05) is 18.2 Å². The van der Waals surface area contributed by atoms with Crippen LogP contribution in [0, 0.1) is 0 Å². The Morgan fingerprint density at radius 3 is 2.84 bits per heavy atom.